The number of nitrogens with zero attached hydrogens (tertiary/aromatic N) is 3. The number of likely N-dealkylation sites (tertiary alicyclic amines) is 1. The lowest BCUT2D eigenvalue weighted by Gasteiger charge is -2.27. The summed E-state index contributed by atoms with van der Waals surface area (Å²) in [5.74, 6) is 0.585. The highest BCUT2D eigenvalue weighted by Crippen LogP contribution is 2.36. The number of hydrogen-bond donors (Lipinski definition) is 1. The molecule has 1 fully saturated rings. The van der Waals surface area contributed by atoms with E-state index in [1.807, 2.05) is 12.5 Å². The quantitative estimate of drug-likeness (QED) is 0.845. The normalized spacial score (nSPS) is 25.6. The number of hydrogen-bond acceptors (Lipinski definition) is 3. The van der Waals surface area contributed by atoms with Crippen LogP contribution in [0, 0.1) is 5.92 Å². The van der Waals surface area contributed by atoms with Crippen molar-refractivity contribution in [3.63, 3.8) is 0 Å². The van der Waals surface area contributed by atoms with Crippen molar-refractivity contribution in [2.45, 2.75) is 39.3 Å². The minimum absolute atomic E-state index is 0.471. The second-order valence-corrected chi connectivity index (χ2v) is 4.87. The van der Waals surface area contributed by atoms with Gasteiger partial charge < -0.3 is 10.3 Å². The summed E-state index contributed by atoms with van der Waals surface area (Å²) in [5.41, 5.74) is 7.26. The minimum Gasteiger partial charge on any atom is -0.333 e. The Morgan fingerprint density at radius 1 is 1.47 bits per heavy atom. The van der Waals surface area contributed by atoms with Gasteiger partial charge >= 0.3 is 0 Å². The Balaban J connectivity index is 2.25. The van der Waals surface area contributed by atoms with Crippen molar-refractivity contribution in [2.75, 3.05) is 19.6 Å². The molecular formula is C13H24N4. The summed E-state index contributed by atoms with van der Waals surface area (Å²) in [6, 6.07) is 0.471. The molecule has 0 spiro atoms. The van der Waals surface area contributed by atoms with Gasteiger partial charge in [-0.25, -0.2) is 4.98 Å². The second kappa shape index (κ2) is 5.65. The molecular weight excluding hydrogens is 212 g/mol. The molecule has 1 aliphatic rings. The predicted molar refractivity (Wildman–Crippen MR) is 69.7 cm³/mol. The van der Waals surface area contributed by atoms with Crippen molar-refractivity contribution in [1.29, 1.82) is 0 Å². The Bertz CT molecular complexity index is 335. The van der Waals surface area contributed by atoms with E-state index in [1.54, 1.807) is 0 Å². The molecule has 0 amide bonds. The van der Waals surface area contributed by atoms with Gasteiger partial charge in [0.05, 0.1) is 18.1 Å². The van der Waals surface area contributed by atoms with E-state index in [2.05, 4.69) is 28.3 Å². The maximum atomic E-state index is 5.91. The highest BCUT2D eigenvalue weighted by atomic mass is 15.2. The van der Waals surface area contributed by atoms with Crippen LogP contribution in [0.4, 0.5) is 0 Å². The summed E-state index contributed by atoms with van der Waals surface area (Å²) in [6.45, 7) is 8.53. The lowest BCUT2D eigenvalue weighted by atomic mass is 9.98. The van der Waals surface area contributed by atoms with E-state index in [-0.39, 0.29) is 0 Å². The van der Waals surface area contributed by atoms with E-state index in [1.165, 1.54) is 18.7 Å². The van der Waals surface area contributed by atoms with Crippen molar-refractivity contribution < 1.29 is 0 Å². The molecule has 0 aliphatic carbocycles. The molecule has 1 aliphatic heterocycles. The van der Waals surface area contributed by atoms with Crippen molar-refractivity contribution >= 4 is 0 Å². The molecule has 1 aromatic heterocycles. The van der Waals surface area contributed by atoms with Crippen LogP contribution in [0.25, 0.3) is 0 Å². The Morgan fingerprint density at radius 3 is 2.94 bits per heavy atom. The smallest absolute Gasteiger partial charge is 0.0948 e. The Kier molecular flexibility index (Phi) is 4.18. The Morgan fingerprint density at radius 2 is 2.29 bits per heavy atom. The SMILES string of the molecule is CCCn1cncc1C1C(CN)CCN1CC. The summed E-state index contributed by atoms with van der Waals surface area (Å²) in [4.78, 5) is 6.85. The van der Waals surface area contributed by atoms with Crippen molar-refractivity contribution in [1.82, 2.24) is 14.5 Å². The first-order valence-corrected chi connectivity index (χ1v) is 6.75. The highest BCUT2D eigenvalue weighted by molar-refractivity contribution is 5.10. The first kappa shape index (κ1) is 12.6. The molecule has 0 radical (unpaired) electrons. The van der Waals surface area contributed by atoms with E-state index in [0.29, 0.717) is 12.0 Å². The van der Waals surface area contributed by atoms with E-state index < -0.39 is 0 Å². The van der Waals surface area contributed by atoms with Gasteiger partial charge in [0.15, 0.2) is 0 Å². The number of imidazole rings is 1. The zero-order chi connectivity index (χ0) is 12.3. The maximum Gasteiger partial charge on any atom is 0.0948 e. The maximum absolute atomic E-state index is 5.91. The average molecular weight is 236 g/mol. The second-order valence-electron chi connectivity index (χ2n) is 4.87. The van der Waals surface area contributed by atoms with Gasteiger partial charge in [-0.2, -0.15) is 0 Å². The lowest BCUT2D eigenvalue weighted by molar-refractivity contribution is 0.231. The monoisotopic (exact) mass is 236 g/mol. The molecule has 0 aromatic carbocycles. The third-order valence-electron chi connectivity index (χ3n) is 3.85. The average Bonchev–Trinajstić information content (AvgIpc) is 2.94. The van der Waals surface area contributed by atoms with Gasteiger partial charge in [0.25, 0.3) is 0 Å². The molecule has 0 bridgehead atoms. The van der Waals surface area contributed by atoms with Crippen molar-refractivity contribution in [3.05, 3.63) is 18.2 Å². The van der Waals surface area contributed by atoms with Gasteiger partial charge in [-0.1, -0.05) is 13.8 Å². The van der Waals surface area contributed by atoms with Crippen LogP contribution in [0.5, 0.6) is 0 Å². The molecule has 96 valence electrons. The van der Waals surface area contributed by atoms with Crippen LogP contribution in [-0.4, -0.2) is 34.1 Å². The first-order valence-electron chi connectivity index (χ1n) is 6.75. The van der Waals surface area contributed by atoms with E-state index in [0.717, 1.165) is 26.1 Å². The molecule has 2 N–H and O–H groups in total. The van der Waals surface area contributed by atoms with E-state index >= 15 is 0 Å². The topological polar surface area (TPSA) is 47.1 Å². The minimum atomic E-state index is 0.471. The van der Waals surface area contributed by atoms with Gasteiger partial charge in [0.1, 0.15) is 0 Å². The van der Waals surface area contributed by atoms with Gasteiger partial charge in [-0.15, -0.1) is 0 Å². The van der Waals surface area contributed by atoms with Gasteiger partial charge in [0, 0.05) is 12.7 Å². The van der Waals surface area contributed by atoms with E-state index in [4.69, 9.17) is 5.73 Å². The lowest BCUT2D eigenvalue weighted by Crippen LogP contribution is -2.29. The summed E-state index contributed by atoms with van der Waals surface area (Å²) >= 11 is 0. The van der Waals surface area contributed by atoms with Crippen LogP contribution < -0.4 is 5.73 Å². The number of nitrogens with two attached hydrogens (primary N) is 1. The number of aryl methyl sites for hydroxylation is 1. The number of rotatable bonds is 5. The fourth-order valence-corrected chi connectivity index (χ4v) is 2.96. The summed E-state index contributed by atoms with van der Waals surface area (Å²) < 4.78 is 2.29. The Labute approximate surface area is 104 Å². The first-order chi connectivity index (χ1) is 8.31. The van der Waals surface area contributed by atoms with Crippen LogP contribution in [-0.2, 0) is 6.54 Å². The molecule has 2 atom stereocenters. The van der Waals surface area contributed by atoms with Crippen molar-refractivity contribution in [2.24, 2.45) is 11.7 Å². The van der Waals surface area contributed by atoms with Gasteiger partial charge in [-0.05, 0) is 38.4 Å². The molecule has 4 heteroatoms. The summed E-state index contributed by atoms with van der Waals surface area (Å²) in [7, 11) is 0. The molecule has 1 aromatic rings. The standard InChI is InChI=1S/C13H24N4/c1-3-6-17-10-15-9-12(17)13-11(8-14)5-7-16(13)4-2/h9-11,13H,3-8,14H2,1-2H3. The van der Waals surface area contributed by atoms with E-state index in [9.17, 15) is 0 Å². The van der Waals surface area contributed by atoms with Crippen molar-refractivity contribution in [3.8, 4) is 0 Å². The van der Waals surface area contributed by atoms with Crippen LogP contribution in [0.3, 0.4) is 0 Å². The zero-order valence-electron chi connectivity index (χ0n) is 11.0. The molecule has 0 saturated carbocycles. The molecule has 2 heterocycles. The fraction of sp³-hybridized carbons (Fsp3) is 0.769. The summed E-state index contributed by atoms with van der Waals surface area (Å²) in [5, 5.41) is 0. The zero-order valence-corrected chi connectivity index (χ0v) is 11.0. The van der Waals surface area contributed by atoms with Crippen LogP contribution >= 0.6 is 0 Å². The summed E-state index contributed by atoms with van der Waals surface area (Å²) in [6.07, 6.45) is 6.34. The van der Waals surface area contributed by atoms with Gasteiger partial charge in [0.2, 0.25) is 0 Å². The fourth-order valence-electron chi connectivity index (χ4n) is 2.96. The van der Waals surface area contributed by atoms with Crippen LogP contribution in [0.2, 0.25) is 0 Å². The number of aromatic nitrogens is 2. The molecule has 2 unspecified atom stereocenters. The predicted octanol–water partition coefficient (Wildman–Crippen LogP) is 1.63. The third kappa shape index (κ3) is 2.38. The van der Waals surface area contributed by atoms with Crippen LogP contribution in [0.15, 0.2) is 12.5 Å². The van der Waals surface area contributed by atoms with Gasteiger partial charge in [-0.3, -0.25) is 4.90 Å². The van der Waals surface area contributed by atoms with Crippen LogP contribution in [0.1, 0.15) is 38.4 Å². The Hall–Kier alpha value is -0.870. The third-order valence-corrected chi connectivity index (χ3v) is 3.85. The molecule has 2 rings (SSSR count). The molecule has 17 heavy (non-hydrogen) atoms. The molecule has 1 saturated heterocycles. The highest BCUT2D eigenvalue weighted by Gasteiger charge is 2.35. The largest absolute Gasteiger partial charge is 0.333 e. The molecule has 4 nitrogen and oxygen atoms in total.